The summed E-state index contributed by atoms with van der Waals surface area (Å²) in [5.41, 5.74) is -0.648. The van der Waals surface area contributed by atoms with Crippen molar-refractivity contribution in [1.29, 1.82) is 0 Å². The Kier molecular flexibility index (Phi) is 7.24. The molecule has 0 saturated carbocycles. The molecule has 1 fully saturated rings. The lowest BCUT2D eigenvalue weighted by atomic mass is 9.99. The lowest BCUT2D eigenvalue weighted by Crippen LogP contribution is -2.60. The van der Waals surface area contributed by atoms with Crippen LogP contribution in [0.2, 0.25) is 0 Å². The van der Waals surface area contributed by atoms with Crippen LogP contribution in [0, 0.1) is 0 Å². The Balaban J connectivity index is 1.80. The summed E-state index contributed by atoms with van der Waals surface area (Å²) >= 11 is 0. The quantitative estimate of drug-likeness (QED) is 0.220. The molecule has 7 N–H and O–H groups in total. The van der Waals surface area contributed by atoms with Crippen LogP contribution in [0.15, 0.2) is 39.5 Å². The minimum absolute atomic E-state index is 0.0827. The molecule has 2 aromatic carbocycles. The summed E-state index contributed by atoms with van der Waals surface area (Å²) in [6, 6.07) is 6.06. The van der Waals surface area contributed by atoms with Gasteiger partial charge in [0.2, 0.25) is 17.5 Å². The van der Waals surface area contributed by atoms with Crippen LogP contribution in [0.25, 0.3) is 22.3 Å². The monoisotopic (exact) mass is 506 g/mol. The molecule has 194 valence electrons. The van der Waals surface area contributed by atoms with Gasteiger partial charge in [0.25, 0.3) is 0 Å². The summed E-state index contributed by atoms with van der Waals surface area (Å²) < 4.78 is 22.3. The zero-order valence-corrected chi connectivity index (χ0v) is 19.1. The van der Waals surface area contributed by atoms with E-state index in [4.69, 9.17) is 18.6 Å². The second-order valence-electron chi connectivity index (χ2n) is 8.27. The number of benzene rings is 2. The predicted molar refractivity (Wildman–Crippen MR) is 123 cm³/mol. The molecular formula is C24H26O12. The first-order chi connectivity index (χ1) is 17.2. The zero-order chi connectivity index (χ0) is 26.1. The van der Waals surface area contributed by atoms with Crippen molar-refractivity contribution in [1.82, 2.24) is 0 Å². The average molecular weight is 506 g/mol. The summed E-state index contributed by atoms with van der Waals surface area (Å²) in [4.78, 5) is 13.3. The number of aliphatic hydroxyl groups is 4. The van der Waals surface area contributed by atoms with Gasteiger partial charge in [-0.15, -0.1) is 0 Å². The SMILES string of the molecule is CCCOc1c(-c2ccc(O)c(O)c2)oc2cc(O[C@@H]3O[C@H](CO)[C@@H](O)[C@H](O)[C@H]3O)cc(O)c2c1=O. The smallest absolute Gasteiger partial charge is 0.239 e. The predicted octanol–water partition coefficient (Wildman–Crippen LogP) is 0.544. The Morgan fingerprint density at radius 1 is 0.944 bits per heavy atom. The lowest BCUT2D eigenvalue weighted by Gasteiger charge is -2.39. The van der Waals surface area contributed by atoms with Crippen LogP contribution in [-0.2, 0) is 4.74 Å². The molecule has 0 amide bonds. The van der Waals surface area contributed by atoms with E-state index >= 15 is 0 Å². The van der Waals surface area contributed by atoms with E-state index in [9.17, 15) is 40.5 Å². The number of aromatic hydroxyl groups is 3. The summed E-state index contributed by atoms with van der Waals surface area (Å²) in [6.07, 6.45) is -7.15. The van der Waals surface area contributed by atoms with Crippen molar-refractivity contribution >= 4 is 11.0 Å². The van der Waals surface area contributed by atoms with Gasteiger partial charge in [0, 0.05) is 17.7 Å². The summed E-state index contributed by atoms with van der Waals surface area (Å²) in [5.74, 6) is -1.81. The van der Waals surface area contributed by atoms with Crippen LogP contribution >= 0.6 is 0 Å². The van der Waals surface area contributed by atoms with E-state index in [1.54, 1.807) is 0 Å². The van der Waals surface area contributed by atoms with Crippen LogP contribution in [0.3, 0.4) is 0 Å². The van der Waals surface area contributed by atoms with E-state index in [1.165, 1.54) is 24.3 Å². The first-order valence-electron chi connectivity index (χ1n) is 11.1. The number of rotatable bonds is 7. The van der Waals surface area contributed by atoms with E-state index in [-0.39, 0.29) is 46.1 Å². The molecule has 0 spiro atoms. The largest absolute Gasteiger partial charge is 0.507 e. The highest BCUT2D eigenvalue weighted by molar-refractivity contribution is 5.88. The molecule has 3 aromatic rings. The van der Waals surface area contributed by atoms with Gasteiger partial charge in [-0.25, -0.2) is 0 Å². The molecule has 0 aliphatic carbocycles. The van der Waals surface area contributed by atoms with Gasteiger partial charge in [-0.1, -0.05) is 6.92 Å². The third kappa shape index (κ3) is 4.64. The van der Waals surface area contributed by atoms with Crippen LogP contribution in [0.1, 0.15) is 13.3 Å². The topological polar surface area (TPSA) is 200 Å². The third-order valence-corrected chi connectivity index (χ3v) is 5.70. The van der Waals surface area contributed by atoms with Gasteiger partial charge in [0.1, 0.15) is 46.9 Å². The second-order valence-corrected chi connectivity index (χ2v) is 8.27. The fourth-order valence-electron chi connectivity index (χ4n) is 3.81. The second kappa shape index (κ2) is 10.2. The molecule has 12 nitrogen and oxygen atoms in total. The van der Waals surface area contributed by atoms with Crippen molar-refractivity contribution in [3.8, 4) is 40.1 Å². The van der Waals surface area contributed by atoms with Gasteiger partial charge in [0.05, 0.1) is 13.2 Å². The Morgan fingerprint density at radius 2 is 1.69 bits per heavy atom. The summed E-state index contributed by atoms with van der Waals surface area (Å²) in [6.45, 7) is 1.33. The van der Waals surface area contributed by atoms with Crippen molar-refractivity contribution in [2.24, 2.45) is 0 Å². The van der Waals surface area contributed by atoms with Crippen LogP contribution in [0.4, 0.5) is 0 Å². The molecule has 0 radical (unpaired) electrons. The van der Waals surface area contributed by atoms with E-state index in [0.29, 0.717) is 6.42 Å². The highest BCUT2D eigenvalue weighted by Gasteiger charge is 2.44. The molecule has 1 aliphatic heterocycles. The van der Waals surface area contributed by atoms with E-state index < -0.39 is 54.2 Å². The Morgan fingerprint density at radius 3 is 2.36 bits per heavy atom. The third-order valence-electron chi connectivity index (χ3n) is 5.70. The number of phenolic OH excluding ortho intramolecular Hbond substituents is 3. The number of ether oxygens (including phenoxy) is 3. The van der Waals surface area contributed by atoms with E-state index in [0.717, 1.165) is 6.07 Å². The van der Waals surface area contributed by atoms with Crippen LogP contribution in [-0.4, -0.2) is 79.7 Å². The molecular weight excluding hydrogens is 480 g/mol. The van der Waals surface area contributed by atoms with Gasteiger partial charge in [0.15, 0.2) is 17.3 Å². The van der Waals surface area contributed by atoms with Gasteiger partial charge in [-0.05, 0) is 24.6 Å². The number of aliphatic hydroxyl groups excluding tert-OH is 4. The zero-order valence-electron chi connectivity index (χ0n) is 19.1. The molecule has 0 bridgehead atoms. The first kappa shape index (κ1) is 25.5. The van der Waals surface area contributed by atoms with Gasteiger partial charge < -0.3 is 54.4 Å². The Bertz CT molecular complexity index is 1300. The average Bonchev–Trinajstić information content (AvgIpc) is 2.85. The molecule has 1 saturated heterocycles. The highest BCUT2D eigenvalue weighted by Crippen LogP contribution is 2.39. The summed E-state index contributed by atoms with van der Waals surface area (Å²) in [7, 11) is 0. The molecule has 36 heavy (non-hydrogen) atoms. The number of hydrogen-bond acceptors (Lipinski definition) is 12. The van der Waals surface area contributed by atoms with Gasteiger partial charge >= 0.3 is 0 Å². The van der Waals surface area contributed by atoms with E-state index in [1.807, 2.05) is 6.92 Å². The minimum atomic E-state index is -1.70. The normalized spacial score (nSPS) is 24.1. The highest BCUT2D eigenvalue weighted by atomic mass is 16.7. The van der Waals surface area contributed by atoms with Crippen molar-refractivity contribution < 1.29 is 54.4 Å². The van der Waals surface area contributed by atoms with Gasteiger partial charge in [-0.3, -0.25) is 4.79 Å². The van der Waals surface area contributed by atoms with E-state index in [2.05, 4.69) is 0 Å². The molecule has 2 heterocycles. The number of hydrogen-bond donors (Lipinski definition) is 7. The number of phenols is 3. The maximum atomic E-state index is 13.3. The van der Waals surface area contributed by atoms with Crippen molar-refractivity contribution in [3.05, 3.63) is 40.6 Å². The van der Waals surface area contributed by atoms with Crippen molar-refractivity contribution in [3.63, 3.8) is 0 Å². The lowest BCUT2D eigenvalue weighted by molar-refractivity contribution is -0.277. The maximum absolute atomic E-state index is 13.3. The van der Waals surface area contributed by atoms with Crippen LogP contribution < -0.4 is 14.9 Å². The fourth-order valence-corrected chi connectivity index (χ4v) is 3.81. The molecule has 12 heteroatoms. The molecule has 1 aliphatic rings. The minimum Gasteiger partial charge on any atom is -0.507 e. The first-order valence-corrected chi connectivity index (χ1v) is 11.1. The molecule has 4 rings (SSSR count). The number of fused-ring (bicyclic) bond motifs is 1. The standard InChI is InChI=1S/C24H26O12/c1-2-5-33-23-19(30)17-14(28)7-11(34-24-21(32)20(31)18(29)16(9-25)36-24)8-15(17)35-22(23)10-3-4-12(26)13(27)6-10/h3-4,6-8,16,18,20-21,24-29,31-32H,2,5,9H2,1H3/t16-,18-,20+,21-,24-/m1/s1. The van der Waals surface area contributed by atoms with Crippen LogP contribution in [0.5, 0.6) is 28.7 Å². The van der Waals surface area contributed by atoms with Gasteiger partial charge in [-0.2, -0.15) is 0 Å². The molecule has 0 unspecified atom stereocenters. The van der Waals surface area contributed by atoms with Crippen molar-refractivity contribution in [2.45, 2.75) is 44.1 Å². The Labute approximate surface area is 203 Å². The Hall–Kier alpha value is -3.55. The molecule has 1 aromatic heterocycles. The molecule has 5 atom stereocenters. The fraction of sp³-hybridized carbons (Fsp3) is 0.375. The van der Waals surface area contributed by atoms with Crippen molar-refractivity contribution in [2.75, 3.05) is 13.2 Å². The summed E-state index contributed by atoms with van der Waals surface area (Å²) in [5, 5.41) is 69.5. The maximum Gasteiger partial charge on any atom is 0.239 e.